The molecule has 1 aliphatic carbocycles. The van der Waals surface area contributed by atoms with Gasteiger partial charge in [-0.3, -0.25) is 0 Å². The zero-order chi connectivity index (χ0) is 11.7. The van der Waals surface area contributed by atoms with Gasteiger partial charge in [0.1, 0.15) is 5.75 Å². The number of benzene rings is 1. The normalized spacial score (nSPS) is 23.2. The largest absolute Gasteiger partial charge is 0.467 e. The third-order valence-electron chi connectivity index (χ3n) is 2.88. The van der Waals surface area contributed by atoms with Crippen molar-refractivity contribution in [2.24, 2.45) is 5.92 Å². The molecule has 0 amide bonds. The molecule has 1 unspecified atom stereocenters. The van der Waals surface area contributed by atoms with Gasteiger partial charge in [-0.25, -0.2) is 0 Å². The molecule has 88 valence electrons. The fraction of sp³-hybridized carbons (Fsp3) is 0.500. The Morgan fingerprint density at radius 3 is 2.69 bits per heavy atom. The molecule has 2 rings (SSSR count). The highest BCUT2D eigenvalue weighted by Gasteiger charge is 2.37. The summed E-state index contributed by atoms with van der Waals surface area (Å²) in [6.45, 7) is 2.48. The first-order valence-electron chi connectivity index (χ1n) is 5.24. The summed E-state index contributed by atoms with van der Waals surface area (Å²) in [4.78, 5) is 0. The van der Waals surface area contributed by atoms with Crippen LogP contribution in [0.2, 0.25) is 5.02 Å². The molecule has 0 aliphatic heterocycles. The lowest BCUT2D eigenvalue weighted by Crippen LogP contribution is -1.99. The van der Waals surface area contributed by atoms with Gasteiger partial charge < -0.3 is 9.47 Å². The Morgan fingerprint density at radius 2 is 2.19 bits per heavy atom. The van der Waals surface area contributed by atoms with Gasteiger partial charge in [-0.2, -0.15) is 0 Å². The number of hydrogen-bond acceptors (Lipinski definition) is 2. The Balaban J connectivity index is 2.22. The molecule has 0 spiro atoms. The van der Waals surface area contributed by atoms with Crippen LogP contribution in [-0.4, -0.2) is 13.9 Å². The van der Waals surface area contributed by atoms with E-state index in [4.69, 9.17) is 21.1 Å². The first kappa shape index (κ1) is 12.2. The van der Waals surface area contributed by atoms with E-state index in [1.807, 2.05) is 12.1 Å². The van der Waals surface area contributed by atoms with E-state index in [0.29, 0.717) is 5.92 Å². The van der Waals surface area contributed by atoms with E-state index in [9.17, 15) is 0 Å². The second kappa shape index (κ2) is 4.94. The number of rotatable bonds is 4. The van der Waals surface area contributed by atoms with Gasteiger partial charge in [0.25, 0.3) is 0 Å². The predicted molar refractivity (Wildman–Crippen MR) is 68.2 cm³/mol. The Morgan fingerprint density at radius 1 is 1.50 bits per heavy atom. The second-order valence-electron chi connectivity index (χ2n) is 4.17. The van der Waals surface area contributed by atoms with Crippen LogP contribution in [0.1, 0.15) is 24.8 Å². The number of methoxy groups -OCH3 is 1. The van der Waals surface area contributed by atoms with Crippen molar-refractivity contribution in [2.75, 3.05) is 13.9 Å². The van der Waals surface area contributed by atoms with Gasteiger partial charge in [-0.1, -0.05) is 34.5 Å². The minimum atomic E-state index is 0.238. The molecule has 2 nitrogen and oxygen atoms in total. The summed E-state index contributed by atoms with van der Waals surface area (Å²) in [5, 5.41) is 0.773. The standard InChI is InChI=1S/C12H14BrClO2/c1-7-3-9(7)12-10(13)4-8(5-11(12)14)16-6-15-2/h4-5,7,9H,3,6H2,1-2H3/t7-,9?/m1/s1. The summed E-state index contributed by atoms with van der Waals surface area (Å²) in [7, 11) is 1.59. The lowest BCUT2D eigenvalue weighted by atomic mass is 10.1. The van der Waals surface area contributed by atoms with E-state index in [1.165, 1.54) is 12.0 Å². The van der Waals surface area contributed by atoms with E-state index in [1.54, 1.807) is 7.11 Å². The lowest BCUT2D eigenvalue weighted by Gasteiger charge is -2.10. The molecular weight excluding hydrogens is 291 g/mol. The summed E-state index contributed by atoms with van der Waals surface area (Å²) < 4.78 is 11.2. The highest BCUT2D eigenvalue weighted by atomic mass is 79.9. The van der Waals surface area contributed by atoms with Crippen molar-refractivity contribution in [3.05, 3.63) is 27.2 Å². The Bertz CT molecular complexity index is 372. The molecule has 0 radical (unpaired) electrons. The Kier molecular flexibility index (Phi) is 3.77. The average Bonchev–Trinajstić information content (AvgIpc) is 2.91. The van der Waals surface area contributed by atoms with Crippen molar-refractivity contribution in [3.63, 3.8) is 0 Å². The molecule has 0 saturated heterocycles. The highest BCUT2D eigenvalue weighted by Crippen LogP contribution is 2.52. The van der Waals surface area contributed by atoms with Gasteiger partial charge in [-0.15, -0.1) is 0 Å². The fourth-order valence-corrected chi connectivity index (χ4v) is 3.05. The van der Waals surface area contributed by atoms with Gasteiger partial charge in [0, 0.05) is 16.6 Å². The van der Waals surface area contributed by atoms with Crippen LogP contribution in [0.5, 0.6) is 5.75 Å². The maximum Gasteiger partial charge on any atom is 0.188 e. The van der Waals surface area contributed by atoms with Crippen LogP contribution in [0.25, 0.3) is 0 Å². The van der Waals surface area contributed by atoms with E-state index in [-0.39, 0.29) is 6.79 Å². The first-order chi connectivity index (χ1) is 7.63. The quantitative estimate of drug-likeness (QED) is 0.776. The predicted octanol–water partition coefficient (Wildman–Crippen LogP) is 4.21. The van der Waals surface area contributed by atoms with E-state index in [2.05, 4.69) is 22.9 Å². The zero-order valence-corrected chi connectivity index (χ0v) is 11.6. The molecule has 16 heavy (non-hydrogen) atoms. The minimum absolute atomic E-state index is 0.238. The first-order valence-corrected chi connectivity index (χ1v) is 6.41. The van der Waals surface area contributed by atoms with Crippen molar-refractivity contribution in [3.8, 4) is 5.75 Å². The molecular formula is C12H14BrClO2. The molecule has 4 heteroatoms. The Hall–Kier alpha value is -0.250. The molecule has 1 aromatic rings. The molecule has 1 aliphatic rings. The third-order valence-corrected chi connectivity index (χ3v) is 3.85. The number of halogens is 2. The van der Waals surface area contributed by atoms with Crippen molar-refractivity contribution in [2.45, 2.75) is 19.3 Å². The number of hydrogen-bond donors (Lipinski definition) is 0. The maximum absolute atomic E-state index is 6.26. The molecule has 0 bridgehead atoms. The van der Waals surface area contributed by atoms with Gasteiger partial charge in [0.05, 0.1) is 0 Å². The molecule has 0 heterocycles. The summed E-state index contributed by atoms with van der Waals surface area (Å²) >= 11 is 9.82. The van der Waals surface area contributed by atoms with Crippen molar-refractivity contribution >= 4 is 27.5 Å². The highest BCUT2D eigenvalue weighted by molar-refractivity contribution is 9.10. The average molecular weight is 306 g/mol. The second-order valence-corrected chi connectivity index (χ2v) is 5.43. The van der Waals surface area contributed by atoms with Crippen LogP contribution in [0, 0.1) is 5.92 Å². The van der Waals surface area contributed by atoms with Gasteiger partial charge in [0.15, 0.2) is 6.79 Å². The van der Waals surface area contributed by atoms with Crippen LogP contribution < -0.4 is 4.74 Å². The van der Waals surface area contributed by atoms with Gasteiger partial charge >= 0.3 is 0 Å². The lowest BCUT2D eigenvalue weighted by molar-refractivity contribution is 0.0511. The molecule has 2 atom stereocenters. The molecule has 0 aromatic heterocycles. The van der Waals surface area contributed by atoms with Crippen LogP contribution in [0.4, 0.5) is 0 Å². The van der Waals surface area contributed by atoms with E-state index >= 15 is 0 Å². The molecule has 1 fully saturated rings. The van der Waals surface area contributed by atoms with Crippen LogP contribution in [0.15, 0.2) is 16.6 Å². The van der Waals surface area contributed by atoms with E-state index in [0.717, 1.165) is 21.2 Å². The zero-order valence-electron chi connectivity index (χ0n) is 9.30. The molecule has 1 aromatic carbocycles. The monoisotopic (exact) mass is 304 g/mol. The summed E-state index contributed by atoms with van der Waals surface area (Å²) in [6, 6.07) is 3.80. The molecule has 0 N–H and O–H groups in total. The van der Waals surface area contributed by atoms with Crippen molar-refractivity contribution in [1.29, 1.82) is 0 Å². The van der Waals surface area contributed by atoms with Crippen molar-refractivity contribution in [1.82, 2.24) is 0 Å². The van der Waals surface area contributed by atoms with Crippen LogP contribution in [-0.2, 0) is 4.74 Å². The summed E-state index contributed by atoms with van der Waals surface area (Å²) in [5.74, 6) is 2.06. The third kappa shape index (κ3) is 2.53. The summed E-state index contributed by atoms with van der Waals surface area (Å²) in [5.41, 5.74) is 1.21. The van der Waals surface area contributed by atoms with Gasteiger partial charge in [0.2, 0.25) is 0 Å². The number of ether oxygens (including phenoxy) is 2. The van der Waals surface area contributed by atoms with Crippen LogP contribution >= 0.6 is 27.5 Å². The van der Waals surface area contributed by atoms with E-state index < -0.39 is 0 Å². The smallest absolute Gasteiger partial charge is 0.188 e. The van der Waals surface area contributed by atoms with Crippen LogP contribution in [0.3, 0.4) is 0 Å². The summed E-state index contributed by atoms with van der Waals surface area (Å²) in [6.07, 6.45) is 1.22. The topological polar surface area (TPSA) is 18.5 Å². The van der Waals surface area contributed by atoms with Gasteiger partial charge in [-0.05, 0) is 36.0 Å². The Labute approximate surface area is 109 Å². The fourth-order valence-electron chi connectivity index (χ4n) is 1.85. The SMILES string of the molecule is COCOc1cc(Cl)c(C2C[C@H]2C)c(Br)c1. The molecule has 1 saturated carbocycles. The van der Waals surface area contributed by atoms with Crippen molar-refractivity contribution < 1.29 is 9.47 Å². The minimum Gasteiger partial charge on any atom is -0.467 e. The maximum atomic E-state index is 6.26.